The summed E-state index contributed by atoms with van der Waals surface area (Å²) in [5.41, 5.74) is 0.876. The summed E-state index contributed by atoms with van der Waals surface area (Å²) < 4.78 is 38.5. The lowest BCUT2D eigenvalue weighted by molar-refractivity contribution is -0.255. The van der Waals surface area contributed by atoms with Gasteiger partial charge in [-0.2, -0.15) is 0 Å². The van der Waals surface area contributed by atoms with E-state index in [0.717, 1.165) is 31.2 Å². The molecule has 3 aliphatic rings. The van der Waals surface area contributed by atoms with E-state index < -0.39 is 54.5 Å². The highest BCUT2D eigenvalue weighted by molar-refractivity contribution is 7.80. The molecule has 5 unspecified atom stereocenters. The Balaban J connectivity index is 1.34. The third-order valence-electron chi connectivity index (χ3n) is 9.45. The van der Waals surface area contributed by atoms with Gasteiger partial charge >= 0.3 is 23.9 Å². The molecular formula is C35H49N3O12S. The van der Waals surface area contributed by atoms with E-state index in [-0.39, 0.29) is 12.5 Å². The highest BCUT2D eigenvalue weighted by Crippen LogP contribution is 2.34. The number of amides is 1. The zero-order chi connectivity index (χ0) is 37.2. The molecule has 5 atom stereocenters. The monoisotopic (exact) mass is 735 g/mol. The number of carbonyl (C=O) groups excluding carboxylic acids is 5. The maximum absolute atomic E-state index is 13.1. The summed E-state index contributed by atoms with van der Waals surface area (Å²) in [4.78, 5) is 65.0. The molecule has 1 aromatic rings. The molecule has 3 aliphatic heterocycles. The maximum atomic E-state index is 13.1. The number of methoxy groups -OCH3 is 2. The molecule has 3 fully saturated rings. The van der Waals surface area contributed by atoms with Crippen LogP contribution in [-0.2, 0) is 54.1 Å². The van der Waals surface area contributed by atoms with Crippen LogP contribution < -0.4 is 14.8 Å². The summed E-state index contributed by atoms with van der Waals surface area (Å²) in [6.45, 7) is 7.17. The zero-order valence-corrected chi connectivity index (χ0v) is 30.9. The lowest BCUT2D eigenvalue weighted by atomic mass is 9.79. The predicted molar refractivity (Wildman–Crippen MR) is 185 cm³/mol. The van der Waals surface area contributed by atoms with Crippen LogP contribution in [-0.4, -0.2) is 122 Å². The van der Waals surface area contributed by atoms with Gasteiger partial charge in [0.1, 0.15) is 12.7 Å². The van der Waals surface area contributed by atoms with Gasteiger partial charge in [-0.1, -0.05) is 6.07 Å². The molecule has 15 nitrogen and oxygen atoms in total. The van der Waals surface area contributed by atoms with Crippen molar-refractivity contribution in [1.82, 2.24) is 15.1 Å². The number of nitrogens with zero attached hydrogens (tertiary/aromatic N) is 2. The minimum absolute atomic E-state index is 0.0918. The number of piperidine rings is 2. The van der Waals surface area contributed by atoms with E-state index in [4.69, 9.17) is 45.4 Å². The molecule has 4 rings (SSSR count). The van der Waals surface area contributed by atoms with E-state index in [9.17, 15) is 24.0 Å². The standard InChI is InChI=1S/C35H49N3O12S/c1-20(39)46-19-29-31(47-21(2)40)32(48-22(3)41)33(49-23(4)42)34(50-29)36-35(51)38-15-11-26(12-16-38)25-9-13-37(14-10-25)30(43)18-24-7-8-27(44-5)28(17-24)45-6/h7-8,17,25-26,29,31-34H,9-16,18-19H2,1-6H3,(H,36,51). The van der Waals surface area contributed by atoms with Gasteiger partial charge in [0.05, 0.1) is 20.6 Å². The fourth-order valence-corrected chi connectivity index (χ4v) is 7.33. The maximum Gasteiger partial charge on any atom is 0.303 e. The molecule has 3 heterocycles. The van der Waals surface area contributed by atoms with E-state index >= 15 is 0 Å². The fraction of sp³-hybridized carbons (Fsp3) is 0.657. The third kappa shape index (κ3) is 10.9. The summed E-state index contributed by atoms with van der Waals surface area (Å²) >= 11 is 5.77. The van der Waals surface area contributed by atoms with E-state index in [2.05, 4.69) is 5.32 Å². The van der Waals surface area contributed by atoms with Crippen LogP contribution in [0, 0.1) is 11.8 Å². The Morgan fingerprint density at radius 1 is 0.745 bits per heavy atom. The van der Waals surface area contributed by atoms with Crippen molar-refractivity contribution in [2.24, 2.45) is 11.8 Å². The Morgan fingerprint density at radius 3 is 1.80 bits per heavy atom. The van der Waals surface area contributed by atoms with Crippen LogP contribution >= 0.6 is 12.2 Å². The Hall–Kier alpha value is -4.18. The normalized spacial score (nSPS) is 24.2. The molecule has 0 aromatic heterocycles. The summed E-state index contributed by atoms with van der Waals surface area (Å²) in [6.07, 6.45) is -2.04. The molecule has 282 valence electrons. The number of esters is 4. The lowest BCUT2D eigenvalue weighted by Gasteiger charge is -2.46. The summed E-state index contributed by atoms with van der Waals surface area (Å²) in [6, 6.07) is 5.53. The lowest BCUT2D eigenvalue weighted by Crippen LogP contribution is -2.67. The Kier molecular flexibility index (Phi) is 14.3. The van der Waals surface area contributed by atoms with Crippen LogP contribution in [0.5, 0.6) is 11.5 Å². The SMILES string of the molecule is COc1ccc(CC(=O)N2CCC(C3CCN(C(=S)NC4OC(COC(C)=O)C(OC(C)=O)C(OC(C)=O)C4OC(C)=O)CC3)CC2)cc1OC. The van der Waals surface area contributed by atoms with Gasteiger partial charge in [0.25, 0.3) is 0 Å². The highest BCUT2D eigenvalue weighted by atomic mass is 32.1. The van der Waals surface area contributed by atoms with Crippen molar-refractivity contribution in [3.8, 4) is 11.5 Å². The first-order chi connectivity index (χ1) is 24.3. The first kappa shape index (κ1) is 39.6. The largest absolute Gasteiger partial charge is 0.493 e. The highest BCUT2D eigenvalue weighted by Gasteiger charge is 2.52. The molecule has 3 saturated heterocycles. The van der Waals surface area contributed by atoms with Crippen molar-refractivity contribution in [3.05, 3.63) is 23.8 Å². The van der Waals surface area contributed by atoms with Crippen LogP contribution in [0.1, 0.15) is 58.9 Å². The molecular weight excluding hydrogens is 686 g/mol. The molecule has 0 radical (unpaired) electrons. The predicted octanol–water partition coefficient (Wildman–Crippen LogP) is 2.15. The molecule has 0 bridgehead atoms. The number of hydrogen-bond acceptors (Lipinski definition) is 13. The van der Waals surface area contributed by atoms with Crippen LogP contribution in [0.2, 0.25) is 0 Å². The van der Waals surface area contributed by atoms with Gasteiger partial charge < -0.3 is 48.3 Å². The molecule has 51 heavy (non-hydrogen) atoms. The van der Waals surface area contributed by atoms with E-state index in [1.165, 1.54) is 27.7 Å². The minimum Gasteiger partial charge on any atom is -0.493 e. The number of thiocarbonyl (C=S) groups is 1. The van der Waals surface area contributed by atoms with Crippen molar-refractivity contribution in [3.63, 3.8) is 0 Å². The fourth-order valence-electron chi connectivity index (χ4n) is 7.03. The topological polar surface area (TPSA) is 168 Å². The van der Waals surface area contributed by atoms with Crippen molar-refractivity contribution < 1.29 is 57.1 Å². The quantitative estimate of drug-likeness (QED) is 0.199. The first-order valence-corrected chi connectivity index (χ1v) is 17.5. The van der Waals surface area contributed by atoms with E-state index in [0.29, 0.717) is 61.0 Å². The number of rotatable bonds is 11. The number of carbonyl (C=O) groups is 5. The van der Waals surface area contributed by atoms with Gasteiger partial charge in [0, 0.05) is 53.9 Å². The number of hydrogen-bond donors (Lipinski definition) is 1. The molecule has 1 N–H and O–H groups in total. The average molecular weight is 736 g/mol. The van der Waals surface area contributed by atoms with E-state index in [1.807, 2.05) is 28.0 Å². The van der Waals surface area contributed by atoms with E-state index in [1.54, 1.807) is 14.2 Å². The smallest absolute Gasteiger partial charge is 0.303 e. The number of nitrogens with one attached hydrogen (secondary N) is 1. The van der Waals surface area contributed by atoms with Gasteiger partial charge in [-0.05, 0) is 67.4 Å². The molecule has 1 aromatic carbocycles. The Bertz CT molecular complexity index is 1430. The summed E-state index contributed by atoms with van der Waals surface area (Å²) in [7, 11) is 3.15. The van der Waals surface area contributed by atoms with Crippen molar-refractivity contribution in [1.29, 1.82) is 0 Å². The second-order valence-electron chi connectivity index (χ2n) is 13.0. The minimum atomic E-state index is -1.28. The van der Waals surface area contributed by atoms with Gasteiger partial charge in [-0.15, -0.1) is 0 Å². The van der Waals surface area contributed by atoms with Crippen molar-refractivity contribution >= 4 is 47.1 Å². The zero-order valence-electron chi connectivity index (χ0n) is 30.0. The molecule has 1 amide bonds. The third-order valence-corrected chi connectivity index (χ3v) is 9.82. The van der Waals surface area contributed by atoms with Gasteiger partial charge in [-0.25, -0.2) is 0 Å². The van der Waals surface area contributed by atoms with Gasteiger partial charge in [0.2, 0.25) is 5.91 Å². The van der Waals surface area contributed by atoms with Gasteiger partial charge in [-0.3, -0.25) is 24.0 Å². The van der Waals surface area contributed by atoms with Crippen molar-refractivity contribution in [2.75, 3.05) is 47.0 Å². The van der Waals surface area contributed by atoms with Crippen LogP contribution in [0.15, 0.2) is 18.2 Å². The molecule has 16 heteroatoms. The van der Waals surface area contributed by atoms with Crippen LogP contribution in [0.4, 0.5) is 0 Å². The van der Waals surface area contributed by atoms with Crippen LogP contribution in [0.25, 0.3) is 0 Å². The molecule has 0 saturated carbocycles. The second kappa shape index (κ2) is 18.4. The number of likely N-dealkylation sites (tertiary alicyclic amines) is 2. The summed E-state index contributed by atoms with van der Waals surface area (Å²) in [5, 5.41) is 3.45. The number of benzene rings is 1. The van der Waals surface area contributed by atoms with Crippen molar-refractivity contribution in [2.45, 2.75) is 90.4 Å². The Morgan fingerprint density at radius 2 is 1.27 bits per heavy atom. The average Bonchev–Trinajstić information content (AvgIpc) is 3.09. The summed E-state index contributed by atoms with van der Waals surface area (Å²) in [5.74, 6) is -0.427. The Labute approximate surface area is 303 Å². The first-order valence-electron chi connectivity index (χ1n) is 17.1. The van der Waals surface area contributed by atoms with Gasteiger partial charge in [0.15, 0.2) is 41.2 Å². The van der Waals surface area contributed by atoms with Crippen LogP contribution in [0.3, 0.4) is 0 Å². The number of ether oxygens (including phenoxy) is 7. The second-order valence-corrected chi connectivity index (χ2v) is 13.4. The molecule has 0 aliphatic carbocycles. The molecule has 0 spiro atoms.